The van der Waals surface area contributed by atoms with Crippen LogP contribution in [0.3, 0.4) is 0 Å². The number of ether oxygens (including phenoxy) is 1. The molecule has 10 nitrogen and oxygen atoms in total. The van der Waals surface area contributed by atoms with Crippen LogP contribution in [0.5, 0.6) is 5.75 Å². The minimum Gasteiger partial charge on any atom is -0.507 e. The molecule has 0 atom stereocenters. The third-order valence-corrected chi connectivity index (χ3v) is 6.65. The van der Waals surface area contributed by atoms with Crippen LogP contribution in [0.25, 0.3) is 22.3 Å². The molecule has 4 aromatic rings. The fraction of sp³-hybridized carbons (Fsp3) is 0.357. The topological polar surface area (TPSA) is 126 Å². The Morgan fingerprint density at radius 1 is 1.13 bits per heavy atom. The van der Waals surface area contributed by atoms with E-state index in [4.69, 9.17) is 9.84 Å². The average Bonchev–Trinajstić information content (AvgIpc) is 3.29. The van der Waals surface area contributed by atoms with Gasteiger partial charge in [0.05, 0.1) is 22.9 Å². The lowest BCUT2D eigenvalue weighted by atomic mass is 10.1. The first kappa shape index (κ1) is 26.4. The van der Waals surface area contributed by atoms with Crippen LogP contribution in [-0.4, -0.2) is 66.4 Å². The Hall–Kier alpha value is -4.25. The lowest BCUT2D eigenvalue weighted by Gasteiger charge is -2.31. The standard InChI is InChI=1S/C28H31FN6O4/c1-28(2,38)17-30-26-25-23(15-22(31-32-25)21-9-8-19(29)14-24(21)36)35(33-26)20-10-12-34(13-11-20)27(37)39-16-18-6-4-3-5-7-18/h3-9,14-15,20,36,38H,10-13,16-17H2,1-2H3,(H,30,33). The number of amides is 1. The average molecular weight is 535 g/mol. The summed E-state index contributed by atoms with van der Waals surface area (Å²) in [6.07, 6.45) is 0.929. The van der Waals surface area contributed by atoms with Crippen molar-refractivity contribution in [2.24, 2.45) is 0 Å². The van der Waals surface area contributed by atoms with Crippen LogP contribution in [0.15, 0.2) is 54.6 Å². The fourth-order valence-electron chi connectivity index (χ4n) is 4.59. The van der Waals surface area contributed by atoms with Crippen molar-refractivity contribution < 1.29 is 24.1 Å². The number of carbonyl (C=O) groups excluding carboxylic acids is 1. The molecule has 1 amide bonds. The van der Waals surface area contributed by atoms with E-state index in [9.17, 15) is 19.4 Å². The van der Waals surface area contributed by atoms with Gasteiger partial charge in [0, 0.05) is 31.3 Å². The van der Waals surface area contributed by atoms with Gasteiger partial charge in [0.25, 0.3) is 0 Å². The van der Waals surface area contributed by atoms with E-state index in [1.807, 2.05) is 35.0 Å². The predicted molar refractivity (Wildman–Crippen MR) is 144 cm³/mol. The second kappa shape index (κ2) is 10.9. The van der Waals surface area contributed by atoms with E-state index in [2.05, 4.69) is 15.5 Å². The number of rotatable bonds is 7. The Kier molecular flexibility index (Phi) is 7.34. The SMILES string of the molecule is CC(C)(O)CNc1nn(C2CCN(C(=O)OCc3ccccc3)CC2)c2cc(-c3ccc(F)cc3O)nnc12. The Labute approximate surface area is 225 Å². The summed E-state index contributed by atoms with van der Waals surface area (Å²) in [7, 11) is 0. The number of likely N-dealkylation sites (tertiary alicyclic amines) is 1. The molecule has 1 aliphatic rings. The first-order valence-corrected chi connectivity index (χ1v) is 12.8. The number of anilines is 1. The van der Waals surface area contributed by atoms with Crippen LogP contribution >= 0.6 is 0 Å². The molecule has 3 N–H and O–H groups in total. The highest BCUT2D eigenvalue weighted by Crippen LogP contribution is 2.34. The first-order valence-electron chi connectivity index (χ1n) is 12.8. The van der Waals surface area contributed by atoms with E-state index in [-0.39, 0.29) is 31.0 Å². The minimum absolute atomic E-state index is 0.0396. The van der Waals surface area contributed by atoms with E-state index in [0.717, 1.165) is 11.6 Å². The highest BCUT2D eigenvalue weighted by molar-refractivity contribution is 5.88. The number of carbonyl (C=O) groups is 1. The van der Waals surface area contributed by atoms with Crippen molar-refractivity contribution in [2.75, 3.05) is 25.0 Å². The van der Waals surface area contributed by atoms with Crippen LogP contribution in [0.2, 0.25) is 0 Å². The molecule has 0 aliphatic carbocycles. The van der Waals surface area contributed by atoms with Crippen molar-refractivity contribution in [1.82, 2.24) is 24.9 Å². The third kappa shape index (κ3) is 6.09. The second-order valence-electron chi connectivity index (χ2n) is 10.3. The van der Waals surface area contributed by atoms with Crippen molar-refractivity contribution in [3.05, 3.63) is 66.0 Å². The van der Waals surface area contributed by atoms with E-state index >= 15 is 0 Å². The zero-order valence-electron chi connectivity index (χ0n) is 21.8. The van der Waals surface area contributed by atoms with Gasteiger partial charge in [0.2, 0.25) is 0 Å². The number of aliphatic hydroxyl groups is 1. The van der Waals surface area contributed by atoms with Crippen molar-refractivity contribution >= 4 is 22.9 Å². The molecular weight excluding hydrogens is 503 g/mol. The molecule has 0 spiro atoms. The number of piperidine rings is 1. The molecule has 0 bridgehead atoms. The smallest absolute Gasteiger partial charge is 0.410 e. The number of phenolic OH excluding ortho intramolecular Hbond substituents is 1. The summed E-state index contributed by atoms with van der Waals surface area (Å²) < 4.78 is 20.9. The van der Waals surface area contributed by atoms with Gasteiger partial charge >= 0.3 is 6.09 Å². The van der Waals surface area contributed by atoms with Crippen LogP contribution in [0.1, 0.15) is 38.3 Å². The molecule has 2 aromatic carbocycles. The summed E-state index contributed by atoms with van der Waals surface area (Å²) in [5, 5.41) is 37.0. The van der Waals surface area contributed by atoms with Crippen molar-refractivity contribution in [1.29, 1.82) is 0 Å². The number of phenols is 1. The Morgan fingerprint density at radius 3 is 2.56 bits per heavy atom. The van der Waals surface area contributed by atoms with Crippen molar-refractivity contribution in [3.8, 4) is 17.0 Å². The fourth-order valence-corrected chi connectivity index (χ4v) is 4.59. The maximum Gasteiger partial charge on any atom is 0.410 e. The highest BCUT2D eigenvalue weighted by Gasteiger charge is 2.28. The molecule has 204 valence electrons. The van der Waals surface area contributed by atoms with E-state index in [1.165, 1.54) is 12.1 Å². The number of aromatic nitrogens is 4. The molecule has 1 saturated heterocycles. The van der Waals surface area contributed by atoms with Gasteiger partial charge in [-0.05, 0) is 50.5 Å². The molecule has 0 saturated carbocycles. The minimum atomic E-state index is -0.977. The van der Waals surface area contributed by atoms with Crippen molar-refractivity contribution in [3.63, 3.8) is 0 Å². The summed E-state index contributed by atoms with van der Waals surface area (Å²) >= 11 is 0. The van der Waals surface area contributed by atoms with Crippen LogP contribution in [0.4, 0.5) is 15.0 Å². The molecule has 0 radical (unpaired) electrons. The van der Waals surface area contributed by atoms with Crippen LogP contribution in [0, 0.1) is 5.82 Å². The molecule has 11 heteroatoms. The Bertz CT molecular complexity index is 1460. The van der Waals surface area contributed by atoms with Gasteiger partial charge < -0.3 is 25.2 Å². The van der Waals surface area contributed by atoms with Gasteiger partial charge in [-0.25, -0.2) is 9.18 Å². The number of benzene rings is 2. The summed E-state index contributed by atoms with van der Waals surface area (Å²) in [4.78, 5) is 14.3. The number of hydrogen-bond donors (Lipinski definition) is 3. The number of nitrogens with zero attached hydrogens (tertiary/aromatic N) is 5. The van der Waals surface area contributed by atoms with Gasteiger partial charge in [-0.2, -0.15) is 5.10 Å². The normalized spacial score (nSPS) is 14.5. The molecule has 39 heavy (non-hydrogen) atoms. The lowest BCUT2D eigenvalue weighted by molar-refractivity contribution is 0.0825. The van der Waals surface area contributed by atoms with Gasteiger partial charge in [-0.3, -0.25) is 4.68 Å². The number of hydrogen-bond acceptors (Lipinski definition) is 8. The summed E-state index contributed by atoms with van der Waals surface area (Å²) in [5.74, 6) is -0.320. The molecular formula is C28H31FN6O4. The maximum atomic E-state index is 13.6. The third-order valence-electron chi connectivity index (χ3n) is 6.65. The number of nitrogens with one attached hydrogen (secondary N) is 1. The summed E-state index contributed by atoms with van der Waals surface area (Å²) in [6, 6.07) is 15.0. The van der Waals surface area contributed by atoms with Crippen LogP contribution in [-0.2, 0) is 11.3 Å². The zero-order chi connectivity index (χ0) is 27.6. The molecule has 1 aliphatic heterocycles. The highest BCUT2D eigenvalue weighted by atomic mass is 19.1. The largest absolute Gasteiger partial charge is 0.507 e. The maximum absolute atomic E-state index is 13.6. The molecule has 5 rings (SSSR count). The Morgan fingerprint density at radius 2 is 1.87 bits per heavy atom. The number of aromatic hydroxyl groups is 1. The molecule has 3 heterocycles. The summed E-state index contributed by atoms with van der Waals surface area (Å²) in [5.41, 5.74) is 1.85. The number of halogens is 1. The van der Waals surface area contributed by atoms with E-state index in [0.29, 0.717) is 54.0 Å². The van der Waals surface area contributed by atoms with Gasteiger partial charge in [0.1, 0.15) is 18.2 Å². The van der Waals surface area contributed by atoms with Crippen molar-refractivity contribution in [2.45, 2.75) is 44.9 Å². The quantitative estimate of drug-likeness (QED) is 0.317. The number of fused-ring (bicyclic) bond motifs is 1. The first-order chi connectivity index (χ1) is 18.7. The van der Waals surface area contributed by atoms with E-state index < -0.39 is 11.4 Å². The second-order valence-corrected chi connectivity index (χ2v) is 10.3. The molecule has 1 fully saturated rings. The van der Waals surface area contributed by atoms with Gasteiger partial charge in [-0.15, -0.1) is 10.2 Å². The zero-order valence-corrected chi connectivity index (χ0v) is 21.8. The summed E-state index contributed by atoms with van der Waals surface area (Å²) in [6.45, 7) is 4.83. The molecule has 0 unspecified atom stereocenters. The predicted octanol–water partition coefficient (Wildman–Crippen LogP) is 4.49. The van der Waals surface area contributed by atoms with E-state index in [1.54, 1.807) is 24.8 Å². The van der Waals surface area contributed by atoms with Gasteiger partial charge in [-0.1, -0.05) is 30.3 Å². The monoisotopic (exact) mass is 534 g/mol. The van der Waals surface area contributed by atoms with Gasteiger partial charge in [0.15, 0.2) is 11.3 Å². The molecule has 2 aromatic heterocycles. The Balaban J connectivity index is 1.37. The lowest BCUT2D eigenvalue weighted by Crippen LogP contribution is -2.39. The van der Waals surface area contributed by atoms with Crippen LogP contribution < -0.4 is 5.32 Å².